The third kappa shape index (κ3) is 5.45. The van der Waals surface area contributed by atoms with Gasteiger partial charge >= 0.3 is 0 Å². The standard InChI is InChI=1S/C22H29N3O3/c1-17(2)19-7-5-18(6-8-19)16-24-11-13-25(14-12-24)21(26)9-10-23-22(27)20-4-3-15-28-20/h3-8,15,17H,9-14,16H2,1-2H3,(H,23,27). The van der Waals surface area contributed by atoms with Crippen molar-refractivity contribution in [2.45, 2.75) is 32.7 Å². The van der Waals surface area contributed by atoms with Gasteiger partial charge in [-0.05, 0) is 29.2 Å². The normalized spacial score (nSPS) is 15.0. The molecule has 2 heterocycles. The molecule has 1 fully saturated rings. The highest BCUT2D eigenvalue weighted by atomic mass is 16.3. The number of hydrogen-bond donors (Lipinski definition) is 1. The van der Waals surface area contributed by atoms with E-state index in [1.165, 1.54) is 17.4 Å². The van der Waals surface area contributed by atoms with Gasteiger partial charge in [0, 0.05) is 45.7 Å². The molecule has 0 bridgehead atoms. The van der Waals surface area contributed by atoms with Crippen LogP contribution in [-0.4, -0.2) is 54.3 Å². The van der Waals surface area contributed by atoms with Gasteiger partial charge in [0.2, 0.25) is 5.91 Å². The van der Waals surface area contributed by atoms with Crippen molar-refractivity contribution in [2.24, 2.45) is 0 Å². The van der Waals surface area contributed by atoms with Crippen molar-refractivity contribution in [1.29, 1.82) is 0 Å². The molecule has 2 aromatic rings. The fraction of sp³-hybridized carbons (Fsp3) is 0.455. The van der Waals surface area contributed by atoms with E-state index >= 15 is 0 Å². The van der Waals surface area contributed by atoms with Crippen molar-refractivity contribution < 1.29 is 14.0 Å². The summed E-state index contributed by atoms with van der Waals surface area (Å²) >= 11 is 0. The second-order valence-electron chi connectivity index (χ2n) is 7.54. The molecule has 2 amide bonds. The molecule has 0 spiro atoms. The van der Waals surface area contributed by atoms with E-state index in [-0.39, 0.29) is 17.6 Å². The quantitative estimate of drug-likeness (QED) is 0.798. The molecule has 1 saturated heterocycles. The predicted octanol–water partition coefficient (Wildman–Crippen LogP) is 2.87. The first kappa shape index (κ1) is 20.1. The number of nitrogens with one attached hydrogen (secondary N) is 1. The lowest BCUT2D eigenvalue weighted by molar-refractivity contribution is -0.132. The molecule has 0 aliphatic carbocycles. The van der Waals surface area contributed by atoms with E-state index in [0.717, 1.165) is 32.7 Å². The van der Waals surface area contributed by atoms with Crippen LogP contribution >= 0.6 is 0 Å². The Hall–Kier alpha value is -2.60. The number of piperazine rings is 1. The van der Waals surface area contributed by atoms with Crippen LogP contribution in [0, 0.1) is 0 Å². The summed E-state index contributed by atoms with van der Waals surface area (Å²) in [4.78, 5) is 28.4. The number of amides is 2. The smallest absolute Gasteiger partial charge is 0.286 e. The van der Waals surface area contributed by atoms with E-state index in [2.05, 4.69) is 48.3 Å². The van der Waals surface area contributed by atoms with Crippen molar-refractivity contribution in [2.75, 3.05) is 32.7 Å². The molecule has 1 aromatic carbocycles. The van der Waals surface area contributed by atoms with Crippen LogP contribution in [0.2, 0.25) is 0 Å². The highest BCUT2D eigenvalue weighted by Crippen LogP contribution is 2.16. The average Bonchev–Trinajstić information content (AvgIpc) is 3.24. The summed E-state index contributed by atoms with van der Waals surface area (Å²) in [5.74, 6) is 0.613. The average molecular weight is 383 g/mol. The first-order valence-electron chi connectivity index (χ1n) is 9.93. The lowest BCUT2D eigenvalue weighted by atomic mass is 10.0. The van der Waals surface area contributed by atoms with E-state index in [0.29, 0.717) is 18.9 Å². The summed E-state index contributed by atoms with van der Waals surface area (Å²) < 4.78 is 5.03. The SMILES string of the molecule is CC(C)c1ccc(CN2CCN(C(=O)CCNC(=O)c3ccco3)CC2)cc1. The zero-order valence-electron chi connectivity index (χ0n) is 16.7. The fourth-order valence-electron chi connectivity index (χ4n) is 3.36. The van der Waals surface area contributed by atoms with E-state index in [9.17, 15) is 9.59 Å². The van der Waals surface area contributed by atoms with E-state index < -0.39 is 0 Å². The van der Waals surface area contributed by atoms with Crippen LogP contribution in [0.25, 0.3) is 0 Å². The lowest BCUT2D eigenvalue weighted by Gasteiger charge is -2.35. The molecular weight excluding hydrogens is 354 g/mol. The van der Waals surface area contributed by atoms with Crippen LogP contribution in [0.4, 0.5) is 0 Å². The largest absolute Gasteiger partial charge is 0.459 e. The second kappa shape index (κ2) is 9.55. The molecule has 28 heavy (non-hydrogen) atoms. The van der Waals surface area contributed by atoms with Gasteiger partial charge in [-0.15, -0.1) is 0 Å². The summed E-state index contributed by atoms with van der Waals surface area (Å²) in [5.41, 5.74) is 2.67. The highest BCUT2D eigenvalue weighted by molar-refractivity contribution is 5.91. The van der Waals surface area contributed by atoms with Gasteiger partial charge in [-0.25, -0.2) is 0 Å². The summed E-state index contributed by atoms with van der Waals surface area (Å²) in [6.07, 6.45) is 1.77. The molecule has 1 aromatic heterocycles. The third-order valence-electron chi connectivity index (χ3n) is 5.15. The van der Waals surface area contributed by atoms with Gasteiger partial charge in [-0.2, -0.15) is 0 Å². The number of hydrogen-bond acceptors (Lipinski definition) is 4. The molecule has 0 saturated carbocycles. The molecule has 1 aliphatic rings. The first-order chi connectivity index (χ1) is 13.5. The van der Waals surface area contributed by atoms with Crippen LogP contribution < -0.4 is 5.32 Å². The van der Waals surface area contributed by atoms with E-state index in [1.807, 2.05) is 4.90 Å². The second-order valence-corrected chi connectivity index (χ2v) is 7.54. The van der Waals surface area contributed by atoms with Gasteiger partial charge in [-0.1, -0.05) is 38.1 Å². The Morgan fingerprint density at radius 2 is 1.79 bits per heavy atom. The molecular formula is C22H29N3O3. The molecule has 0 atom stereocenters. The van der Waals surface area contributed by atoms with Gasteiger partial charge in [0.25, 0.3) is 5.91 Å². The summed E-state index contributed by atoms with van der Waals surface area (Å²) in [6, 6.07) is 12.1. The van der Waals surface area contributed by atoms with Gasteiger partial charge < -0.3 is 14.6 Å². The Morgan fingerprint density at radius 1 is 1.07 bits per heavy atom. The maximum absolute atomic E-state index is 12.4. The molecule has 3 rings (SSSR count). The van der Waals surface area contributed by atoms with Crippen molar-refractivity contribution in [3.63, 3.8) is 0 Å². The molecule has 6 nitrogen and oxygen atoms in total. The van der Waals surface area contributed by atoms with Crippen LogP contribution in [0.15, 0.2) is 47.1 Å². The Kier molecular flexibility index (Phi) is 6.87. The van der Waals surface area contributed by atoms with Gasteiger partial charge in [-0.3, -0.25) is 14.5 Å². The van der Waals surface area contributed by atoms with Crippen molar-refractivity contribution in [1.82, 2.24) is 15.1 Å². The van der Waals surface area contributed by atoms with E-state index in [4.69, 9.17) is 4.42 Å². The maximum Gasteiger partial charge on any atom is 0.286 e. The minimum atomic E-state index is -0.286. The minimum Gasteiger partial charge on any atom is -0.459 e. The van der Waals surface area contributed by atoms with Gasteiger partial charge in [0.15, 0.2) is 5.76 Å². The minimum absolute atomic E-state index is 0.0840. The van der Waals surface area contributed by atoms with Gasteiger partial charge in [0.1, 0.15) is 0 Å². The zero-order chi connectivity index (χ0) is 19.9. The Balaban J connectivity index is 1.37. The fourth-order valence-corrected chi connectivity index (χ4v) is 3.36. The zero-order valence-corrected chi connectivity index (χ0v) is 16.7. The number of carbonyl (C=O) groups is 2. The molecule has 6 heteroatoms. The summed E-state index contributed by atoms with van der Waals surface area (Å²) in [6.45, 7) is 8.85. The highest BCUT2D eigenvalue weighted by Gasteiger charge is 2.21. The Morgan fingerprint density at radius 3 is 2.39 bits per heavy atom. The molecule has 0 radical (unpaired) electrons. The van der Waals surface area contributed by atoms with Crippen LogP contribution in [0.3, 0.4) is 0 Å². The molecule has 1 aliphatic heterocycles. The number of furan rings is 1. The summed E-state index contributed by atoms with van der Waals surface area (Å²) in [5, 5.41) is 2.72. The number of benzene rings is 1. The van der Waals surface area contributed by atoms with Crippen LogP contribution in [-0.2, 0) is 11.3 Å². The predicted molar refractivity (Wildman–Crippen MR) is 108 cm³/mol. The number of carbonyl (C=O) groups excluding carboxylic acids is 2. The van der Waals surface area contributed by atoms with Crippen LogP contribution in [0.5, 0.6) is 0 Å². The molecule has 150 valence electrons. The molecule has 0 unspecified atom stereocenters. The number of nitrogens with zero attached hydrogens (tertiary/aromatic N) is 2. The topological polar surface area (TPSA) is 65.8 Å². The Bertz CT molecular complexity index is 761. The van der Waals surface area contributed by atoms with Crippen LogP contribution in [0.1, 0.15) is 47.9 Å². The van der Waals surface area contributed by atoms with Crippen molar-refractivity contribution in [3.05, 3.63) is 59.5 Å². The van der Waals surface area contributed by atoms with Gasteiger partial charge in [0.05, 0.1) is 6.26 Å². The monoisotopic (exact) mass is 383 g/mol. The lowest BCUT2D eigenvalue weighted by Crippen LogP contribution is -2.48. The number of rotatable bonds is 7. The molecule has 1 N–H and O–H groups in total. The first-order valence-corrected chi connectivity index (χ1v) is 9.93. The summed E-state index contributed by atoms with van der Waals surface area (Å²) in [7, 11) is 0. The maximum atomic E-state index is 12.4. The Labute approximate surface area is 166 Å². The third-order valence-corrected chi connectivity index (χ3v) is 5.15. The van der Waals surface area contributed by atoms with Crippen molar-refractivity contribution in [3.8, 4) is 0 Å². The van der Waals surface area contributed by atoms with Crippen molar-refractivity contribution >= 4 is 11.8 Å². The van der Waals surface area contributed by atoms with E-state index in [1.54, 1.807) is 12.1 Å².